The Kier molecular flexibility index (Phi) is 1.77. The number of benzene rings is 1. The fourth-order valence-electron chi connectivity index (χ4n) is 1.43. The van der Waals surface area contributed by atoms with E-state index in [1.54, 1.807) is 0 Å². The van der Waals surface area contributed by atoms with Crippen LogP contribution in [-0.2, 0) is 6.54 Å². The first-order valence-electron chi connectivity index (χ1n) is 4.05. The Morgan fingerprint density at radius 3 is 3.00 bits per heavy atom. The molecule has 0 saturated carbocycles. The predicted molar refractivity (Wildman–Crippen MR) is 48.7 cm³/mol. The van der Waals surface area contributed by atoms with Gasteiger partial charge in [-0.2, -0.15) is 5.10 Å². The van der Waals surface area contributed by atoms with Crippen molar-refractivity contribution in [3.63, 3.8) is 0 Å². The van der Waals surface area contributed by atoms with Gasteiger partial charge in [-0.05, 0) is 24.6 Å². The van der Waals surface area contributed by atoms with Crippen LogP contribution in [0.15, 0.2) is 12.1 Å². The number of aromatic nitrogens is 2. The quantitative estimate of drug-likeness (QED) is 0.696. The molecule has 0 saturated heterocycles. The van der Waals surface area contributed by atoms with Crippen molar-refractivity contribution in [2.24, 2.45) is 5.73 Å². The summed E-state index contributed by atoms with van der Waals surface area (Å²) < 4.78 is 13.0. The van der Waals surface area contributed by atoms with Crippen LogP contribution in [0.4, 0.5) is 4.39 Å². The molecule has 1 heterocycles. The lowest BCUT2D eigenvalue weighted by molar-refractivity contribution is 0.627. The molecule has 0 amide bonds. The van der Waals surface area contributed by atoms with Gasteiger partial charge >= 0.3 is 0 Å². The number of aryl methyl sites for hydroxylation is 1. The molecule has 0 aliphatic heterocycles. The SMILES string of the molecule is Cc1[nH]nc2c(CN)cc(F)cc12. The maximum atomic E-state index is 13.0. The third kappa shape index (κ3) is 1.19. The number of H-pyrrole nitrogens is 1. The van der Waals surface area contributed by atoms with E-state index in [-0.39, 0.29) is 5.82 Å². The van der Waals surface area contributed by atoms with E-state index in [2.05, 4.69) is 10.2 Å². The lowest BCUT2D eigenvalue weighted by atomic mass is 10.1. The molecule has 2 aromatic rings. The van der Waals surface area contributed by atoms with E-state index in [1.165, 1.54) is 12.1 Å². The molecule has 0 fully saturated rings. The van der Waals surface area contributed by atoms with Gasteiger partial charge in [0.2, 0.25) is 0 Å². The van der Waals surface area contributed by atoms with Crippen LogP contribution in [0.2, 0.25) is 0 Å². The smallest absolute Gasteiger partial charge is 0.124 e. The molecule has 0 aliphatic carbocycles. The Hall–Kier alpha value is -1.42. The Bertz CT molecular complexity index is 447. The van der Waals surface area contributed by atoms with E-state index >= 15 is 0 Å². The fourth-order valence-corrected chi connectivity index (χ4v) is 1.43. The number of hydrogen-bond acceptors (Lipinski definition) is 2. The van der Waals surface area contributed by atoms with Crippen LogP contribution in [0, 0.1) is 12.7 Å². The fraction of sp³-hybridized carbons (Fsp3) is 0.222. The zero-order valence-electron chi connectivity index (χ0n) is 7.26. The maximum absolute atomic E-state index is 13.0. The molecule has 1 aromatic carbocycles. The Labute approximate surface area is 74.7 Å². The third-order valence-corrected chi connectivity index (χ3v) is 2.11. The van der Waals surface area contributed by atoms with Gasteiger partial charge in [-0.3, -0.25) is 5.10 Å². The van der Waals surface area contributed by atoms with Crippen LogP contribution < -0.4 is 5.73 Å². The van der Waals surface area contributed by atoms with Crippen molar-refractivity contribution >= 4 is 10.9 Å². The van der Waals surface area contributed by atoms with Gasteiger partial charge in [-0.25, -0.2) is 4.39 Å². The van der Waals surface area contributed by atoms with Gasteiger partial charge in [0.15, 0.2) is 0 Å². The van der Waals surface area contributed by atoms with Crippen molar-refractivity contribution in [3.8, 4) is 0 Å². The molecule has 2 rings (SSSR count). The molecule has 1 aromatic heterocycles. The third-order valence-electron chi connectivity index (χ3n) is 2.11. The summed E-state index contributed by atoms with van der Waals surface area (Å²) in [4.78, 5) is 0. The normalized spacial score (nSPS) is 11.0. The van der Waals surface area contributed by atoms with E-state index < -0.39 is 0 Å². The molecule has 0 radical (unpaired) electrons. The number of nitrogens with one attached hydrogen (secondary N) is 1. The number of nitrogens with two attached hydrogens (primary N) is 1. The Morgan fingerprint density at radius 1 is 1.54 bits per heavy atom. The highest BCUT2D eigenvalue weighted by molar-refractivity contribution is 5.84. The second-order valence-electron chi connectivity index (χ2n) is 3.01. The Morgan fingerprint density at radius 2 is 2.31 bits per heavy atom. The summed E-state index contributed by atoms with van der Waals surface area (Å²) in [5.41, 5.74) is 7.84. The largest absolute Gasteiger partial charge is 0.326 e. The van der Waals surface area contributed by atoms with E-state index in [9.17, 15) is 4.39 Å². The van der Waals surface area contributed by atoms with Crippen LogP contribution >= 0.6 is 0 Å². The van der Waals surface area contributed by atoms with E-state index in [0.717, 1.165) is 22.2 Å². The average molecular weight is 179 g/mol. The van der Waals surface area contributed by atoms with Crippen LogP contribution in [-0.4, -0.2) is 10.2 Å². The minimum Gasteiger partial charge on any atom is -0.326 e. The van der Waals surface area contributed by atoms with E-state index in [4.69, 9.17) is 5.73 Å². The second kappa shape index (κ2) is 2.81. The number of halogens is 1. The average Bonchev–Trinajstić information content (AvgIpc) is 2.47. The topological polar surface area (TPSA) is 54.7 Å². The molecule has 0 unspecified atom stereocenters. The summed E-state index contributed by atoms with van der Waals surface area (Å²) in [6, 6.07) is 2.88. The number of hydrogen-bond donors (Lipinski definition) is 2. The van der Waals surface area contributed by atoms with E-state index in [1.807, 2.05) is 6.92 Å². The monoisotopic (exact) mass is 179 g/mol. The molecule has 0 spiro atoms. The van der Waals surface area contributed by atoms with Crippen LogP contribution in [0.25, 0.3) is 10.9 Å². The molecule has 13 heavy (non-hydrogen) atoms. The maximum Gasteiger partial charge on any atom is 0.124 e. The molecular formula is C9H10FN3. The summed E-state index contributed by atoms with van der Waals surface area (Å²) in [6.07, 6.45) is 0. The van der Waals surface area contributed by atoms with Crippen LogP contribution in [0.1, 0.15) is 11.3 Å². The minimum absolute atomic E-state index is 0.266. The van der Waals surface area contributed by atoms with Gasteiger partial charge < -0.3 is 5.73 Å². The zero-order chi connectivity index (χ0) is 9.42. The minimum atomic E-state index is -0.266. The standard InChI is InChI=1S/C9H10FN3/c1-5-8-3-7(10)2-6(4-11)9(8)13-12-5/h2-3H,4,11H2,1H3,(H,12,13). The lowest BCUT2D eigenvalue weighted by Crippen LogP contribution is -1.98. The predicted octanol–water partition coefficient (Wildman–Crippen LogP) is 1.47. The summed E-state index contributed by atoms with van der Waals surface area (Å²) in [7, 11) is 0. The van der Waals surface area contributed by atoms with Gasteiger partial charge in [-0.1, -0.05) is 0 Å². The molecular weight excluding hydrogens is 169 g/mol. The van der Waals surface area contributed by atoms with Gasteiger partial charge in [0.25, 0.3) is 0 Å². The highest BCUT2D eigenvalue weighted by Gasteiger charge is 2.07. The molecule has 0 bridgehead atoms. The first-order chi connectivity index (χ1) is 6.22. The lowest BCUT2D eigenvalue weighted by Gasteiger charge is -1.98. The molecule has 4 heteroatoms. The molecule has 3 nitrogen and oxygen atoms in total. The van der Waals surface area contributed by atoms with Crippen molar-refractivity contribution in [3.05, 3.63) is 29.2 Å². The summed E-state index contributed by atoms with van der Waals surface area (Å²) in [5, 5.41) is 7.67. The first-order valence-corrected chi connectivity index (χ1v) is 4.05. The highest BCUT2D eigenvalue weighted by atomic mass is 19.1. The van der Waals surface area contributed by atoms with E-state index in [0.29, 0.717) is 6.54 Å². The highest BCUT2D eigenvalue weighted by Crippen LogP contribution is 2.20. The molecule has 0 aliphatic rings. The van der Waals surface area contributed by atoms with Gasteiger partial charge in [0.05, 0.1) is 5.52 Å². The Balaban J connectivity index is 2.84. The first kappa shape index (κ1) is 8.19. The molecule has 68 valence electrons. The number of nitrogens with zero attached hydrogens (tertiary/aromatic N) is 1. The summed E-state index contributed by atoms with van der Waals surface area (Å²) in [5.74, 6) is -0.266. The number of rotatable bonds is 1. The van der Waals surface area contributed by atoms with Crippen LogP contribution in [0.3, 0.4) is 0 Å². The van der Waals surface area contributed by atoms with Gasteiger partial charge in [-0.15, -0.1) is 0 Å². The van der Waals surface area contributed by atoms with Crippen molar-refractivity contribution in [1.82, 2.24) is 10.2 Å². The second-order valence-corrected chi connectivity index (χ2v) is 3.01. The van der Waals surface area contributed by atoms with Crippen molar-refractivity contribution in [2.45, 2.75) is 13.5 Å². The van der Waals surface area contributed by atoms with Crippen LogP contribution in [0.5, 0.6) is 0 Å². The molecule has 3 N–H and O–H groups in total. The van der Waals surface area contributed by atoms with Gasteiger partial charge in [0.1, 0.15) is 5.82 Å². The molecule has 0 atom stereocenters. The summed E-state index contributed by atoms with van der Waals surface area (Å²) in [6.45, 7) is 2.16. The van der Waals surface area contributed by atoms with Crippen molar-refractivity contribution < 1.29 is 4.39 Å². The van der Waals surface area contributed by atoms with Crippen molar-refractivity contribution in [2.75, 3.05) is 0 Å². The number of aromatic amines is 1. The van der Waals surface area contributed by atoms with Gasteiger partial charge in [0, 0.05) is 17.6 Å². The number of fused-ring (bicyclic) bond motifs is 1. The summed E-state index contributed by atoms with van der Waals surface area (Å²) >= 11 is 0. The zero-order valence-corrected chi connectivity index (χ0v) is 7.26. The van der Waals surface area contributed by atoms with Crippen molar-refractivity contribution in [1.29, 1.82) is 0 Å².